The highest BCUT2D eigenvalue weighted by atomic mass is 16.5. The lowest BCUT2D eigenvalue weighted by Crippen LogP contribution is -2.01. The molecule has 1 aromatic carbocycles. The Labute approximate surface area is 138 Å². The number of carbonyl (C=O) groups excluding carboxylic acids is 1. The lowest BCUT2D eigenvalue weighted by Gasteiger charge is -2.07. The number of nitrogens with zero attached hydrogens (tertiary/aromatic N) is 3. The first-order valence-corrected chi connectivity index (χ1v) is 6.75. The van der Waals surface area contributed by atoms with E-state index in [4.69, 9.17) is 15.3 Å². The fraction of sp³-hybridized carbons (Fsp3) is 0.0588. The topological polar surface area (TPSA) is 108 Å². The molecule has 0 bridgehead atoms. The second-order valence-electron chi connectivity index (χ2n) is 4.43. The molecule has 1 N–H and O–H groups in total. The van der Waals surface area contributed by atoms with Crippen molar-refractivity contribution in [1.82, 2.24) is 4.98 Å². The van der Waals surface area contributed by atoms with Gasteiger partial charge in [0.15, 0.2) is 0 Å². The third-order valence-electron chi connectivity index (χ3n) is 2.86. The SMILES string of the molecule is COC(=O)c1ccnc(Oc2ccc(NC=C(C#N)C#N)cc2)c1. The van der Waals surface area contributed by atoms with Gasteiger partial charge in [0.05, 0.1) is 12.7 Å². The van der Waals surface area contributed by atoms with Crippen LogP contribution >= 0.6 is 0 Å². The summed E-state index contributed by atoms with van der Waals surface area (Å²) in [5.41, 5.74) is 0.993. The van der Waals surface area contributed by atoms with Crippen molar-refractivity contribution in [2.45, 2.75) is 0 Å². The van der Waals surface area contributed by atoms with E-state index in [1.807, 2.05) is 0 Å². The molecular formula is C17H12N4O3. The van der Waals surface area contributed by atoms with Gasteiger partial charge in [0.25, 0.3) is 0 Å². The summed E-state index contributed by atoms with van der Waals surface area (Å²) >= 11 is 0. The summed E-state index contributed by atoms with van der Waals surface area (Å²) in [5, 5.41) is 20.1. The maximum atomic E-state index is 11.5. The Bertz CT molecular complexity index is 829. The van der Waals surface area contributed by atoms with E-state index in [0.29, 0.717) is 17.0 Å². The van der Waals surface area contributed by atoms with Gasteiger partial charge in [0.1, 0.15) is 23.5 Å². The average molecular weight is 320 g/mol. The first-order chi connectivity index (χ1) is 11.7. The fourth-order valence-electron chi connectivity index (χ4n) is 1.70. The fourth-order valence-corrected chi connectivity index (χ4v) is 1.70. The van der Waals surface area contributed by atoms with Crippen LogP contribution < -0.4 is 10.1 Å². The molecule has 7 heteroatoms. The van der Waals surface area contributed by atoms with Gasteiger partial charge in [-0.3, -0.25) is 0 Å². The zero-order chi connectivity index (χ0) is 17.4. The number of carbonyl (C=O) groups is 1. The van der Waals surface area contributed by atoms with Gasteiger partial charge in [-0.25, -0.2) is 9.78 Å². The molecule has 0 aliphatic rings. The Kier molecular flexibility index (Phi) is 5.49. The maximum Gasteiger partial charge on any atom is 0.338 e. The largest absolute Gasteiger partial charge is 0.465 e. The second kappa shape index (κ2) is 7.97. The quantitative estimate of drug-likeness (QED) is 0.666. The lowest BCUT2D eigenvalue weighted by molar-refractivity contribution is 0.0600. The Morgan fingerprint density at radius 1 is 1.21 bits per heavy atom. The summed E-state index contributed by atoms with van der Waals surface area (Å²) in [6, 6.07) is 13.3. The number of benzene rings is 1. The molecule has 7 nitrogen and oxygen atoms in total. The Hall–Kier alpha value is -3.84. The number of pyridine rings is 1. The number of rotatable bonds is 5. The lowest BCUT2D eigenvalue weighted by atomic mass is 10.2. The van der Waals surface area contributed by atoms with Crippen molar-refractivity contribution in [1.29, 1.82) is 10.5 Å². The highest BCUT2D eigenvalue weighted by molar-refractivity contribution is 5.89. The summed E-state index contributed by atoms with van der Waals surface area (Å²) < 4.78 is 10.2. The summed E-state index contributed by atoms with van der Waals surface area (Å²) in [4.78, 5) is 15.5. The standard InChI is InChI=1S/C17H12N4O3/c1-23-17(22)13-6-7-20-16(8-13)24-15-4-2-14(3-5-15)21-11-12(9-18)10-19/h2-8,11,21H,1H3. The van der Waals surface area contributed by atoms with Crippen LogP contribution in [-0.4, -0.2) is 18.1 Å². The van der Waals surface area contributed by atoms with Crippen molar-refractivity contribution in [3.63, 3.8) is 0 Å². The van der Waals surface area contributed by atoms with Crippen LogP contribution in [0.15, 0.2) is 54.4 Å². The van der Waals surface area contributed by atoms with Crippen molar-refractivity contribution < 1.29 is 14.3 Å². The molecule has 2 aromatic rings. The van der Waals surface area contributed by atoms with Gasteiger partial charge >= 0.3 is 5.97 Å². The summed E-state index contributed by atoms with van der Waals surface area (Å²) in [6.07, 6.45) is 2.77. The molecule has 24 heavy (non-hydrogen) atoms. The van der Waals surface area contributed by atoms with E-state index >= 15 is 0 Å². The van der Waals surface area contributed by atoms with Crippen LogP contribution in [0.2, 0.25) is 0 Å². The summed E-state index contributed by atoms with van der Waals surface area (Å²) in [5.74, 6) is 0.300. The molecule has 1 heterocycles. The Balaban J connectivity index is 2.07. The Morgan fingerprint density at radius 2 is 1.92 bits per heavy atom. The van der Waals surface area contributed by atoms with Crippen LogP contribution in [0.4, 0.5) is 5.69 Å². The zero-order valence-electron chi connectivity index (χ0n) is 12.7. The van der Waals surface area contributed by atoms with Crippen LogP contribution in [0.5, 0.6) is 11.6 Å². The molecule has 0 radical (unpaired) electrons. The van der Waals surface area contributed by atoms with Gasteiger partial charge in [0, 0.05) is 24.2 Å². The van der Waals surface area contributed by atoms with E-state index in [2.05, 4.69) is 15.0 Å². The van der Waals surface area contributed by atoms with E-state index in [9.17, 15) is 4.79 Å². The monoisotopic (exact) mass is 320 g/mol. The smallest absolute Gasteiger partial charge is 0.338 e. The highest BCUT2D eigenvalue weighted by Gasteiger charge is 2.07. The normalized spacial score (nSPS) is 9.12. The predicted molar refractivity (Wildman–Crippen MR) is 85.0 cm³/mol. The molecule has 0 saturated carbocycles. The number of hydrogen-bond donors (Lipinski definition) is 1. The molecule has 0 amide bonds. The van der Waals surface area contributed by atoms with Crippen LogP contribution in [0, 0.1) is 22.7 Å². The molecule has 0 spiro atoms. The summed E-state index contributed by atoms with van der Waals surface area (Å²) in [7, 11) is 1.30. The van der Waals surface area contributed by atoms with E-state index in [1.165, 1.54) is 31.6 Å². The van der Waals surface area contributed by atoms with Crippen molar-refractivity contribution >= 4 is 11.7 Å². The van der Waals surface area contributed by atoms with Gasteiger partial charge in [-0.05, 0) is 30.3 Å². The number of allylic oxidation sites excluding steroid dienone is 1. The number of nitriles is 2. The predicted octanol–water partition coefficient (Wildman–Crippen LogP) is 3.00. The maximum absolute atomic E-state index is 11.5. The number of anilines is 1. The second-order valence-corrected chi connectivity index (χ2v) is 4.43. The first-order valence-electron chi connectivity index (χ1n) is 6.75. The third-order valence-corrected chi connectivity index (χ3v) is 2.86. The van der Waals surface area contributed by atoms with Gasteiger partial charge in [0.2, 0.25) is 5.88 Å². The van der Waals surface area contributed by atoms with E-state index in [1.54, 1.807) is 36.4 Å². The highest BCUT2D eigenvalue weighted by Crippen LogP contribution is 2.22. The minimum atomic E-state index is -0.473. The van der Waals surface area contributed by atoms with E-state index in [0.717, 1.165) is 0 Å². The van der Waals surface area contributed by atoms with E-state index in [-0.39, 0.29) is 11.5 Å². The number of methoxy groups -OCH3 is 1. The van der Waals surface area contributed by atoms with Gasteiger partial charge < -0.3 is 14.8 Å². The number of esters is 1. The van der Waals surface area contributed by atoms with Crippen molar-refractivity contribution in [2.24, 2.45) is 0 Å². The van der Waals surface area contributed by atoms with Crippen LogP contribution in [0.1, 0.15) is 10.4 Å². The minimum Gasteiger partial charge on any atom is -0.465 e. The minimum absolute atomic E-state index is 0.0286. The number of hydrogen-bond acceptors (Lipinski definition) is 7. The van der Waals surface area contributed by atoms with Crippen molar-refractivity contribution in [3.05, 3.63) is 59.9 Å². The van der Waals surface area contributed by atoms with Crippen LogP contribution in [-0.2, 0) is 4.74 Å². The van der Waals surface area contributed by atoms with Gasteiger partial charge in [-0.15, -0.1) is 0 Å². The molecule has 2 rings (SSSR count). The molecule has 0 unspecified atom stereocenters. The number of nitrogens with one attached hydrogen (secondary N) is 1. The number of aromatic nitrogens is 1. The van der Waals surface area contributed by atoms with E-state index < -0.39 is 5.97 Å². The first kappa shape index (κ1) is 16.5. The molecule has 0 fully saturated rings. The molecular weight excluding hydrogens is 308 g/mol. The summed E-state index contributed by atoms with van der Waals surface area (Å²) in [6.45, 7) is 0. The average Bonchev–Trinajstić information content (AvgIpc) is 2.63. The van der Waals surface area contributed by atoms with Crippen LogP contribution in [0.25, 0.3) is 0 Å². The Morgan fingerprint density at radius 3 is 2.54 bits per heavy atom. The third kappa shape index (κ3) is 4.33. The molecule has 118 valence electrons. The van der Waals surface area contributed by atoms with Gasteiger partial charge in [-0.1, -0.05) is 0 Å². The molecule has 0 aliphatic heterocycles. The number of ether oxygens (including phenoxy) is 2. The zero-order valence-corrected chi connectivity index (χ0v) is 12.7. The van der Waals surface area contributed by atoms with Crippen molar-refractivity contribution in [3.8, 4) is 23.8 Å². The van der Waals surface area contributed by atoms with Crippen molar-refractivity contribution in [2.75, 3.05) is 12.4 Å². The molecule has 0 saturated heterocycles. The molecule has 0 aliphatic carbocycles. The van der Waals surface area contributed by atoms with Gasteiger partial charge in [-0.2, -0.15) is 10.5 Å². The van der Waals surface area contributed by atoms with Crippen LogP contribution in [0.3, 0.4) is 0 Å². The molecule has 0 atom stereocenters. The molecule has 1 aromatic heterocycles.